The fourth-order valence-electron chi connectivity index (χ4n) is 2.83. The van der Waals surface area contributed by atoms with Crippen LogP contribution >= 0.6 is 0 Å². The van der Waals surface area contributed by atoms with Crippen LogP contribution in [0.4, 0.5) is 0 Å². The maximum atomic E-state index is 12.7. The molecule has 1 saturated heterocycles. The molecule has 1 N–H and O–H groups in total. The van der Waals surface area contributed by atoms with E-state index in [9.17, 15) is 4.79 Å². The van der Waals surface area contributed by atoms with Gasteiger partial charge < -0.3 is 4.90 Å². The fraction of sp³-hybridized carbons (Fsp3) is 0.562. The maximum Gasteiger partial charge on any atom is 0.274 e. The minimum absolute atomic E-state index is 0.00334. The molecule has 3 rings (SSSR count). The predicted molar refractivity (Wildman–Crippen MR) is 83.7 cm³/mol. The van der Waals surface area contributed by atoms with Gasteiger partial charge in [0, 0.05) is 36.6 Å². The van der Waals surface area contributed by atoms with Crippen molar-refractivity contribution in [2.45, 2.75) is 45.1 Å². The molecule has 1 fully saturated rings. The van der Waals surface area contributed by atoms with Crippen LogP contribution < -0.4 is 0 Å². The average Bonchev–Trinajstić information content (AvgIpc) is 3.17. The van der Waals surface area contributed by atoms with Gasteiger partial charge in [-0.05, 0) is 25.0 Å². The topological polar surface area (TPSA) is 66.8 Å². The van der Waals surface area contributed by atoms with Gasteiger partial charge in [-0.15, -0.1) is 0 Å². The van der Waals surface area contributed by atoms with Gasteiger partial charge in [0.2, 0.25) is 0 Å². The second kappa shape index (κ2) is 5.59. The maximum absolute atomic E-state index is 12.7. The van der Waals surface area contributed by atoms with Crippen molar-refractivity contribution in [3.05, 3.63) is 35.9 Å². The number of carbonyl (C=O) groups is 1. The van der Waals surface area contributed by atoms with Crippen molar-refractivity contribution in [1.82, 2.24) is 24.9 Å². The molecule has 0 bridgehead atoms. The summed E-state index contributed by atoms with van der Waals surface area (Å²) in [5.41, 5.74) is 1.45. The number of carbonyl (C=O) groups excluding carboxylic acids is 1. The fourth-order valence-corrected chi connectivity index (χ4v) is 2.83. The summed E-state index contributed by atoms with van der Waals surface area (Å²) in [7, 11) is 0. The lowest BCUT2D eigenvalue weighted by Crippen LogP contribution is -2.41. The molecule has 2 aromatic heterocycles. The largest absolute Gasteiger partial charge is 0.335 e. The van der Waals surface area contributed by atoms with Crippen LogP contribution in [0.25, 0.3) is 0 Å². The third kappa shape index (κ3) is 2.91. The first-order valence-electron chi connectivity index (χ1n) is 7.79. The molecule has 3 heterocycles. The molecular weight excluding hydrogens is 278 g/mol. The molecule has 6 heteroatoms. The lowest BCUT2D eigenvalue weighted by molar-refractivity contribution is 0.0667. The SMILES string of the molecule is CC(C)(C)c1cc(C(=O)N2CCC[C@@H](n3cccn3)C2)n[nH]1. The Morgan fingerprint density at radius 3 is 2.86 bits per heavy atom. The first kappa shape index (κ1) is 14.8. The molecule has 0 spiro atoms. The smallest absolute Gasteiger partial charge is 0.274 e. The van der Waals surface area contributed by atoms with E-state index in [0.29, 0.717) is 12.2 Å². The van der Waals surface area contributed by atoms with Gasteiger partial charge in [0.15, 0.2) is 0 Å². The van der Waals surface area contributed by atoms with Crippen molar-refractivity contribution in [3.63, 3.8) is 0 Å². The Kier molecular flexibility index (Phi) is 3.76. The van der Waals surface area contributed by atoms with Crippen LogP contribution in [0.3, 0.4) is 0 Å². The highest BCUT2D eigenvalue weighted by Gasteiger charge is 2.28. The van der Waals surface area contributed by atoms with Gasteiger partial charge in [-0.25, -0.2) is 0 Å². The Hall–Kier alpha value is -2.11. The first-order valence-corrected chi connectivity index (χ1v) is 7.79. The standard InChI is InChI=1S/C16H23N5O/c1-16(2,3)14-10-13(18-19-14)15(22)20-8-4-6-12(11-20)21-9-5-7-17-21/h5,7,9-10,12H,4,6,8,11H2,1-3H3,(H,18,19)/t12-/m1/s1. The van der Waals surface area contributed by atoms with E-state index in [4.69, 9.17) is 0 Å². The zero-order valence-electron chi connectivity index (χ0n) is 13.4. The third-order valence-electron chi connectivity index (χ3n) is 4.19. The summed E-state index contributed by atoms with van der Waals surface area (Å²) in [5.74, 6) is 0.00334. The second-order valence-corrected chi connectivity index (χ2v) is 6.95. The van der Waals surface area contributed by atoms with Crippen molar-refractivity contribution in [2.75, 3.05) is 13.1 Å². The molecule has 2 aromatic rings. The molecule has 22 heavy (non-hydrogen) atoms. The van der Waals surface area contributed by atoms with Gasteiger partial charge in [0.25, 0.3) is 5.91 Å². The van der Waals surface area contributed by atoms with Crippen molar-refractivity contribution in [2.24, 2.45) is 0 Å². The van der Waals surface area contributed by atoms with Crippen molar-refractivity contribution < 1.29 is 4.79 Å². The molecule has 6 nitrogen and oxygen atoms in total. The number of piperidine rings is 1. The molecule has 0 unspecified atom stereocenters. The molecule has 1 atom stereocenters. The Morgan fingerprint density at radius 2 is 2.23 bits per heavy atom. The predicted octanol–water partition coefficient (Wildman–Crippen LogP) is 2.38. The molecule has 1 aliphatic rings. The molecule has 118 valence electrons. The van der Waals surface area contributed by atoms with E-state index in [2.05, 4.69) is 36.1 Å². The Morgan fingerprint density at radius 1 is 1.41 bits per heavy atom. The van der Waals surface area contributed by atoms with Crippen LogP contribution in [0, 0.1) is 0 Å². The molecule has 1 aliphatic heterocycles. The van der Waals surface area contributed by atoms with E-state index < -0.39 is 0 Å². The highest BCUT2D eigenvalue weighted by atomic mass is 16.2. The van der Waals surface area contributed by atoms with E-state index >= 15 is 0 Å². The van der Waals surface area contributed by atoms with Gasteiger partial charge in [0.1, 0.15) is 5.69 Å². The number of amides is 1. The number of hydrogen-bond acceptors (Lipinski definition) is 3. The Bertz CT molecular complexity index is 638. The van der Waals surface area contributed by atoms with E-state index in [1.165, 1.54) is 0 Å². The lowest BCUT2D eigenvalue weighted by Gasteiger charge is -2.32. The zero-order valence-corrected chi connectivity index (χ0v) is 13.4. The first-order chi connectivity index (χ1) is 10.4. The van der Waals surface area contributed by atoms with Crippen LogP contribution in [0.15, 0.2) is 24.5 Å². The minimum Gasteiger partial charge on any atom is -0.335 e. The molecule has 0 saturated carbocycles. The van der Waals surface area contributed by atoms with Crippen LogP contribution in [-0.4, -0.2) is 43.9 Å². The van der Waals surface area contributed by atoms with Crippen molar-refractivity contribution >= 4 is 5.91 Å². The molecular formula is C16H23N5O. The van der Waals surface area contributed by atoms with E-state index in [-0.39, 0.29) is 17.4 Å². The summed E-state index contributed by atoms with van der Waals surface area (Å²) in [5, 5.41) is 11.5. The highest BCUT2D eigenvalue weighted by molar-refractivity contribution is 5.92. The molecule has 1 amide bonds. The van der Waals surface area contributed by atoms with Crippen molar-refractivity contribution in [3.8, 4) is 0 Å². The summed E-state index contributed by atoms with van der Waals surface area (Å²) in [6.07, 6.45) is 5.79. The number of hydrogen-bond donors (Lipinski definition) is 1. The Labute approximate surface area is 130 Å². The number of aromatic amines is 1. The highest BCUT2D eigenvalue weighted by Crippen LogP contribution is 2.24. The molecule has 0 radical (unpaired) electrons. The number of nitrogens with one attached hydrogen (secondary N) is 1. The van der Waals surface area contributed by atoms with Crippen molar-refractivity contribution in [1.29, 1.82) is 0 Å². The number of aromatic nitrogens is 4. The van der Waals surface area contributed by atoms with Gasteiger partial charge >= 0.3 is 0 Å². The van der Waals surface area contributed by atoms with E-state index in [1.54, 1.807) is 6.20 Å². The molecule has 0 aromatic carbocycles. The number of rotatable bonds is 2. The van der Waals surface area contributed by atoms with Crippen LogP contribution in [0.2, 0.25) is 0 Å². The normalized spacial score (nSPS) is 19.4. The van der Waals surface area contributed by atoms with Gasteiger partial charge in [-0.1, -0.05) is 20.8 Å². The number of nitrogens with zero attached hydrogens (tertiary/aromatic N) is 4. The summed E-state index contributed by atoms with van der Waals surface area (Å²) < 4.78 is 1.95. The second-order valence-electron chi connectivity index (χ2n) is 6.95. The van der Waals surface area contributed by atoms with Gasteiger partial charge in [-0.3, -0.25) is 14.6 Å². The summed E-state index contributed by atoms with van der Waals surface area (Å²) in [6.45, 7) is 7.78. The van der Waals surface area contributed by atoms with E-state index in [1.807, 2.05) is 27.9 Å². The lowest BCUT2D eigenvalue weighted by atomic mass is 9.92. The van der Waals surface area contributed by atoms with Crippen LogP contribution in [0.5, 0.6) is 0 Å². The Balaban J connectivity index is 1.73. The number of H-pyrrole nitrogens is 1. The summed E-state index contributed by atoms with van der Waals surface area (Å²) >= 11 is 0. The quantitative estimate of drug-likeness (QED) is 0.926. The van der Waals surface area contributed by atoms with Crippen LogP contribution in [-0.2, 0) is 5.41 Å². The van der Waals surface area contributed by atoms with Crippen LogP contribution in [0.1, 0.15) is 55.8 Å². The van der Waals surface area contributed by atoms with E-state index in [0.717, 1.165) is 25.1 Å². The summed E-state index contributed by atoms with van der Waals surface area (Å²) in [6, 6.07) is 4.05. The monoisotopic (exact) mass is 301 g/mol. The van der Waals surface area contributed by atoms with Gasteiger partial charge in [-0.2, -0.15) is 10.2 Å². The third-order valence-corrected chi connectivity index (χ3v) is 4.19. The average molecular weight is 301 g/mol. The number of likely N-dealkylation sites (tertiary alicyclic amines) is 1. The molecule has 0 aliphatic carbocycles. The summed E-state index contributed by atoms with van der Waals surface area (Å²) in [4.78, 5) is 14.6. The minimum atomic E-state index is -0.0367. The zero-order chi connectivity index (χ0) is 15.7. The van der Waals surface area contributed by atoms with Gasteiger partial charge in [0.05, 0.1) is 6.04 Å².